The number of carbonyl (C=O) groups excluding carboxylic acids is 1. The van der Waals surface area contributed by atoms with E-state index in [0.29, 0.717) is 18.9 Å². The third-order valence-electron chi connectivity index (χ3n) is 6.45. The first-order valence-electron chi connectivity index (χ1n) is 11.8. The van der Waals surface area contributed by atoms with Gasteiger partial charge in [0.1, 0.15) is 24.0 Å². The van der Waals surface area contributed by atoms with E-state index in [0.717, 1.165) is 53.1 Å². The summed E-state index contributed by atoms with van der Waals surface area (Å²) in [4.78, 5) is 24.0. The van der Waals surface area contributed by atoms with E-state index < -0.39 is 0 Å². The molecule has 178 valence electrons. The molecule has 1 aliphatic rings. The highest BCUT2D eigenvalue weighted by molar-refractivity contribution is 5.87. The van der Waals surface area contributed by atoms with Gasteiger partial charge in [-0.15, -0.1) is 0 Å². The van der Waals surface area contributed by atoms with Crippen LogP contribution in [-0.2, 0) is 11.4 Å². The lowest BCUT2D eigenvalue weighted by Gasteiger charge is -2.34. The number of aromatic nitrogens is 3. The summed E-state index contributed by atoms with van der Waals surface area (Å²) in [7, 11) is 0. The van der Waals surface area contributed by atoms with E-state index in [1.54, 1.807) is 18.3 Å². The van der Waals surface area contributed by atoms with E-state index in [9.17, 15) is 9.18 Å². The van der Waals surface area contributed by atoms with Crippen LogP contribution in [0.2, 0.25) is 0 Å². The fourth-order valence-electron chi connectivity index (χ4n) is 4.72. The maximum absolute atomic E-state index is 13.4. The van der Waals surface area contributed by atoms with E-state index in [2.05, 4.69) is 16.0 Å². The Kier molecular flexibility index (Phi) is 6.31. The standard InChI is InChI=1S/C28H27FN4O2/c1-3-25(34)32-15-5-4-9-24(32)28-31-26(27-19(2)30-14-16-33(27)28)21-12-10-20(11-13-21)18-35-23-8-6-7-22(29)17-23/h3,6-8,10-14,16-17,24H,1,4-5,9,15,18H2,2H3/t24-/m0/s1. The van der Waals surface area contributed by atoms with Crippen molar-refractivity contribution in [3.8, 4) is 17.0 Å². The molecule has 35 heavy (non-hydrogen) atoms. The molecule has 0 N–H and O–H groups in total. The Morgan fingerprint density at radius 3 is 2.83 bits per heavy atom. The monoisotopic (exact) mass is 470 g/mol. The number of rotatable bonds is 6. The number of hydrogen-bond donors (Lipinski definition) is 0. The van der Waals surface area contributed by atoms with Crippen LogP contribution in [0, 0.1) is 12.7 Å². The number of piperidine rings is 1. The summed E-state index contributed by atoms with van der Waals surface area (Å²) < 4.78 is 21.2. The van der Waals surface area contributed by atoms with Crippen molar-refractivity contribution >= 4 is 11.4 Å². The van der Waals surface area contributed by atoms with Crippen LogP contribution in [-0.4, -0.2) is 31.7 Å². The Bertz CT molecular complexity index is 1380. The van der Waals surface area contributed by atoms with Crippen LogP contribution < -0.4 is 4.74 Å². The molecule has 0 unspecified atom stereocenters. The van der Waals surface area contributed by atoms with Crippen LogP contribution in [0.4, 0.5) is 4.39 Å². The molecule has 0 saturated carbocycles. The van der Waals surface area contributed by atoms with Gasteiger partial charge in [-0.3, -0.25) is 14.2 Å². The fraction of sp³-hybridized carbons (Fsp3) is 0.250. The highest BCUT2D eigenvalue weighted by atomic mass is 19.1. The first-order valence-corrected chi connectivity index (χ1v) is 11.8. The quantitative estimate of drug-likeness (QED) is 0.341. The number of benzene rings is 2. The first-order chi connectivity index (χ1) is 17.0. The van der Waals surface area contributed by atoms with Crippen LogP contribution >= 0.6 is 0 Å². The molecule has 0 spiro atoms. The third-order valence-corrected chi connectivity index (χ3v) is 6.45. The van der Waals surface area contributed by atoms with Gasteiger partial charge in [0, 0.05) is 30.6 Å². The van der Waals surface area contributed by atoms with Gasteiger partial charge in [0.05, 0.1) is 22.9 Å². The van der Waals surface area contributed by atoms with Gasteiger partial charge in [-0.05, 0) is 50.0 Å². The topological polar surface area (TPSA) is 59.7 Å². The predicted octanol–water partition coefficient (Wildman–Crippen LogP) is 5.66. The second-order valence-electron chi connectivity index (χ2n) is 8.74. The molecule has 6 nitrogen and oxygen atoms in total. The molecule has 0 aliphatic carbocycles. The summed E-state index contributed by atoms with van der Waals surface area (Å²) in [6, 6.07) is 14.0. The molecule has 2 aromatic heterocycles. The number of amides is 1. The molecule has 2 aromatic carbocycles. The van der Waals surface area contributed by atoms with Gasteiger partial charge in [0.25, 0.3) is 0 Å². The van der Waals surface area contributed by atoms with Gasteiger partial charge in [0.15, 0.2) is 0 Å². The first kappa shape index (κ1) is 22.8. The normalized spacial score (nSPS) is 15.8. The minimum atomic E-state index is -0.324. The van der Waals surface area contributed by atoms with E-state index in [-0.39, 0.29) is 17.8 Å². The van der Waals surface area contributed by atoms with E-state index >= 15 is 0 Å². The van der Waals surface area contributed by atoms with Crippen molar-refractivity contribution in [1.82, 2.24) is 19.3 Å². The van der Waals surface area contributed by atoms with Crippen LogP contribution in [0.5, 0.6) is 5.75 Å². The molecule has 7 heteroatoms. The van der Waals surface area contributed by atoms with Crippen LogP contribution in [0.25, 0.3) is 16.8 Å². The molecule has 3 heterocycles. The van der Waals surface area contributed by atoms with Crippen LogP contribution in [0.3, 0.4) is 0 Å². The highest BCUT2D eigenvalue weighted by Gasteiger charge is 2.31. The molecule has 1 fully saturated rings. The summed E-state index contributed by atoms with van der Waals surface area (Å²) in [5, 5.41) is 0. The van der Waals surface area contributed by atoms with Gasteiger partial charge < -0.3 is 9.64 Å². The zero-order valence-electron chi connectivity index (χ0n) is 19.7. The van der Waals surface area contributed by atoms with Gasteiger partial charge >= 0.3 is 0 Å². The largest absolute Gasteiger partial charge is 0.489 e. The third kappa shape index (κ3) is 4.54. The van der Waals surface area contributed by atoms with Gasteiger partial charge in [0.2, 0.25) is 5.91 Å². The Hall–Kier alpha value is -4.00. The van der Waals surface area contributed by atoms with Crippen molar-refractivity contribution in [2.75, 3.05) is 6.54 Å². The van der Waals surface area contributed by atoms with Crippen LogP contribution in [0.1, 0.15) is 42.4 Å². The molecule has 1 saturated heterocycles. The summed E-state index contributed by atoms with van der Waals surface area (Å²) in [5.41, 5.74) is 4.56. The van der Waals surface area contributed by atoms with Gasteiger partial charge in [-0.2, -0.15) is 0 Å². The molecule has 5 rings (SSSR count). The maximum Gasteiger partial charge on any atom is 0.246 e. The van der Waals surface area contributed by atoms with Crippen molar-refractivity contribution in [2.24, 2.45) is 0 Å². The van der Waals surface area contributed by atoms with E-state index in [4.69, 9.17) is 9.72 Å². The number of likely N-dealkylation sites (tertiary alicyclic amines) is 1. The SMILES string of the molecule is C=CC(=O)N1CCCC[C@H]1c1nc(-c2ccc(COc3cccc(F)c3)cc2)c2c(C)nccn12. The maximum atomic E-state index is 13.4. The molecule has 0 radical (unpaired) electrons. The number of imidazole rings is 1. The molecule has 0 bridgehead atoms. The number of carbonyl (C=O) groups is 1. The Labute approximate surface area is 203 Å². The Balaban J connectivity index is 1.47. The molecule has 1 amide bonds. The zero-order chi connectivity index (χ0) is 24.4. The Morgan fingerprint density at radius 2 is 2.06 bits per heavy atom. The van der Waals surface area contributed by atoms with Crippen LogP contribution in [0.15, 0.2) is 73.6 Å². The van der Waals surface area contributed by atoms with Crippen molar-refractivity contribution in [2.45, 2.75) is 38.8 Å². The molecule has 1 aliphatic heterocycles. The highest BCUT2D eigenvalue weighted by Crippen LogP contribution is 2.35. The van der Waals surface area contributed by atoms with E-state index in [1.807, 2.05) is 42.3 Å². The predicted molar refractivity (Wildman–Crippen MR) is 132 cm³/mol. The summed E-state index contributed by atoms with van der Waals surface area (Å²) in [6.45, 7) is 6.69. The molecule has 1 atom stereocenters. The van der Waals surface area contributed by atoms with Crippen molar-refractivity contribution in [3.63, 3.8) is 0 Å². The number of fused-ring (bicyclic) bond motifs is 1. The average Bonchev–Trinajstić information content (AvgIpc) is 3.28. The Morgan fingerprint density at radius 1 is 1.23 bits per heavy atom. The number of ether oxygens (including phenoxy) is 1. The summed E-state index contributed by atoms with van der Waals surface area (Å²) in [5.74, 6) is 0.942. The molecular weight excluding hydrogens is 443 g/mol. The second kappa shape index (κ2) is 9.70. The molecule has 4 aromatic rings. The lowest BCUT2D eigenvalue weighted by atomic mass is 10.0. The summed E-state index contributed by atoms with van der Waals surface area (Å²) >= 11 is 0. The number of hydrogen-bond acceptors (Lipinski definition) is 4. The number of halogens is 1. The minimum absolute atomic E-state index is 0.0681. The van der Waals surface area contributed by atoms with Gasteiger partial charge in [-0.25, -0.2) is 9.37 Å². The fourth-order valence-corrected chi connectivity index (χ4v) is 4.72. The lowest BCUT2D eigenvalue weighted by molar-refractivity contribution is -0.129. The number of aryl methyl sites for hydroxylation is 1. The van der Waals surface area contributed by atoms with E-state index in [1.165, 1.54) is 18.2 Å². The van der Waals surface area contributed by atoms with Crippen molar-refractivity contribution in [3.05, 3.63) is 96.5 Å². The van der Waals surface area contributed by atoms with Crippen molar-refractivity contribution < 1.29 is 13.9 Å². The second-order valence-corrected chi connectivity index (χ2v) is 8.74. The van der Waals surface area contributed by atoms with Crippen molar-refractivity contribution in [1.29, 1.82) is 0 Å². The minimum Gasteiger partial charge on any atom is -0.489 e. The number of nitrogens with zero attached hydrogens (tertiary/aromatic N) is 4. The van der Waals surface area contributed by atoms with Gasteiger partial charge in [-0.1, -0.05) is 36.9 Å². The molecular formula is C28H27FN4O2. The summed E-state index contributed by atoms with van der Waals surface area (Å²) in [6.07, 6.45) is 7.95. The average molecular weight is 471 g/mol. The lowest BCUT2D eigenvalue weighted by Crippen LogP contribution is -2.38. The zero-order valence-corrected chi connectivity index (χ0v) is 19.7. The smallest absolute Gasteiger partial charge is 0.246 e.